The molecule has 1 aliphatic rings. The molecule has 3 heterocycles. The molecule has 0 aromatic carbocycles. The number of amides is 1. The van der Waals surface area contributed by atoms with E-state index in [1.807, 2.05) is 16.8 Å². The van der Waals surface area contributed by atoms with Crippen LogP contribution in [0.4, 0.5) is 5.82 Å². The Balaban J connectivity index is 1.93. The molecule has 1 aliphatic heterocycles. The molecule has 0 radical (unpaired) electrons. The van der Waals surface area contributed by atoms with Crippen LogP contribution < -0.4 is 5.73 Å². The number of pyridine rings is 1. The number of nitrogen functional groups attached to an aromatic ring is 1. The van der Waals surface area contributed by atoms with Crippen LogP contribution in [-0.2, 0) is 4.79 Å². The summed E-state index contributed by atoms with van der Waals surface area (Å²) in [5.74, 6) is 0.362. The second-order valence-corrected chi connectivity index (χ2v) is 6.32. The van der Waals surface area contributed by atoms with Crippen molar-refractivity contribution in [2.45, 2.75) is 25.3 Å². The number of nitrogens with zero attached hydrogens (tertiary/aromatic N) is 5. The highest BCUT2D eigenvalue weighted by Crippen LogP contribution is 2.30. The first kappa shape index (κ1) is 15.0. The third kappa shape index (κ3) is 2.61. The van der Waals surface area contributed by atoms with Gasteiger partial charge < -0.3 is 10.6 Å². The molecule has 1 saturated heterocycles. The molecule has 0 saturated carbocycles. The average Bonchev–Trinajstić information content (AvgIpc) is 2.86. The van der Waals surface area contributed by atoms with Crippen molar-refractivity contribution in [3.05, 3.63) is 16.0 Å². The van der Waals surface area contributed by atoms with Gasteiger partial charge in [-0.15, -0.1) is 0 Å². The average molecular weight is 410 g/mol. The minimum Gasteiger partial charge on any atom is -0.383 e. The zero-order chi connectivity index (χ0) is 15.7. The smallest absolute Gasteiger partial charge is 0.236 e. The third-order valence-electron chi connectivity index (χ3n) is 3.93. The molecule has 1 amide bonds. The molecule has 2 aromatic rings. The summed E-state index contributed by atoms with van der Waals surface area (Å²) in [7, 11) is 0. The number of rotatable bonds is 2. The molecule has 114 valence electrons. The van der Waals surface area contributed by atoms with E-state index in [1.54, 1.807) is 11.1 Å². The maximum atomic E-state index is 11.9. The zero-order valence-corrected chi connectivity index (χ0v) is 14.0. The number of halogens is 1. The number of nitriles is 1. The summed E-state index contributed by atoms with van der Waals surface area (Å²) in [5.41, 5.74) is 6.89. The summed E-state index contributed by atoms with van der Waals surface area (Å²) in [5, 5.41) is 14.1. The Morgan fingerprint density at radius 2 is 2.41 bits per heavy atom. The second kappa shape index (κ2) is 6.08. The largest absolute Gasteiger partial charge is 0.383 e. The van der Waals surface area contributed by atoms with E-state index in [2.05, 4.69) is 32.7 Å². The van der Waals surface area contributed by atoms with Crippen molar-refractivity contribution in [3.63, 3.8) is 0 Å². The molecule has 8 heteroatoms. The minimum absolute atomic E-state index is 0.0685. The van der Waals surface area contributed by atoms with Crippen molar-refractivity contribution >= 4 is 45.2 Å². The highest BCUT2D eigenvalue weighted by atomic mass is 127. The molecule has 1 fully saturated rings. The van der Waals surface area contributed by atoms with Crippen molar-refractivity contribution in [1.29, 1.82) is 5.26 Å². The number of aromatic nitrogens is 3. The van der Waals surface area contributed by atoms with E-state index in [4.69, 9.17) is 11.0 Å². The summed E-state index contributed by atoms with van der Waals surface area (Å²) >= 11 is 2.16. The molecule has 0 bridgehead atoms. The first-order valence-corrected chi connectivity index (χ1v) is 8.12. The lowest BCUT2D eigenvalue weighted by molar-refractivity contribution is -0.131. The summed E-state index contributed by atoms with van der Waals surface area (Å²) < 4.78 is 2.76. The highest BCUT2D eigenvalue weighted by molar-refractivity contribution is 14.1. The van der Waals surface area contributed by atoms with Crippen molar-refractivity contribution in [1.82, 2.24) is 19.7 Å². The van der Waals surface area contributed by atoms with Gasteiger partial charge in [0.1, 0.15) is 15.9 Å². The molecule has 22 heavy (non-hydrogen) atoms. The normalized spacial score (nSPS) is 18.4. The van der Waals surface area contributed by atoms with E-state index in [1.165, 1.54) is 0 Å². The van der Waals surface area contributed by atoms with Crippen LogP contribution in [0.2, 0.25) is 0 Å². The lowest BCUT2D eigenvalue weighted by Gasteiger charge is -2.32. The summed E-state index contributed by atoms with van der Waals surface area (Å²) in [6.45, 7) is 1.28. The van der Waals surface area contributed by atoms with E-state index in [9.17, 15) is 4.79 Å². The van der Waals surface area contributed by atoms with Gasteiger partial charge in [-0.25, -0.2) is 4.98 Å². The van der Waals surface area contributed by atoms with Crippen LogP contribution in [-0.4, -0.2) is 38.7 Å². The number of nitrogens with two attached hydrogens (primary N) is 1. The van der Waals surface area contributed by atoms with Crippen molar-refractivity contribution < 1.29 is 4.79 Å². The van der Waals surface area contributed by atoms with Crippen molar-refractivity contribution in [2.24, 2.45) is 0 Å². The van der Waals surface area contributed by atoms with Crippen LogP contribution in [0.3, 0.4) is 0 Å². The summed E-state index contributed by atoms with van der Waals surface area (Å²) in [6.07, 6.45) is 3.46. The first-order valence-electron chi connectivity index (χ1n) is 7.04. The standard InChI is InChI=1S/C14H15IN6O/c15-13-12-10(4-6-18-14(12)17)21(19-13)9-2-1-7-20(8-9)11(22)3-5-16/h4,6,9H,1-3,7-8H2,(H2,17,18)/t9-/m1/s1. The van der Waals surface area contributed by atoms with Crippen molar-refractivity contribution in [2.75, 3.05) is 18.8 Å². The van der Waals surface area contributed by atoms with Crippen LogP contribution in [0.25, 0.3) is 10.9 Å². The zero-order valence-electron chi connectivity index (χ0n) is 11.9. The number of piperidine rings is 1. The molecule has 7 nitrogen and oxygen atoms in total. The minimum atomic E-state index is -0.112. The fourth-order valence-corrected chi connectivity index (χ4v) is 3.69. The number of carbonyl (C=O) groups is 1. The van der Waals surface area contributed by atoms with Crippen molar-refractivity contribution in [3.8, 4) is 6.07 Å². The predicted octanol–water partition coefficient (Wildman–Crippen LogP) is 1.70. The van der Waals surface area contributed by atoms with E-state index in [0.717, 1.165) is 27.4 Å². The van der Waals surface area contributed by atoms with Gasteiger partial charge >= 0.3 is 0 Å². The lowest BCUT2D eigenvalue weighted by Crippen LogP contribution is -2.40. The Kier molecular flexibility index (Phi) is 4.15. The van der Waals surface area contributed by atoms with Gasteiger partial charge in [-0.2, -0.15) is 10.4 Å². The molecule has 0 aliphatic carbocycles. The number of hydrogen-bond acceptors (Lipinski definition) is 5. The predicted molar refractivity (Wildman–Crippen MR) is 89.7 cm³/mol. The molecule has 1 atom stereocenters. The van der Waals surface area contributed by atoms with Gasteiger partial charge in [-0.3, -0.25) is 9.48 Å². The Hall–Kier alpha value is -1.89. The first-order chi connectivity index (χ1) is 10.6. The monoisotopic (exact) mass is 410 g/mol. The number of hydrogen-bond donors (Lipinski definition) is 1. The van der Waals surface area contributed by atoms with Gasteiger partial charge in [0.15, 0.2) is 0 Å². The maximum Gasteiger partial charge on any atom is 0.236 e. The molecular weight excluding hydrogens is 395 g/mol. The van der Waals surface area contributed by atoms with E-state index in [0.29, 0.717) is 18.9 Å². The number of anilines is 1. The maximum absolute atomic E-state index is 11.9. The Morgan fingerprint density at radius 1 is 1.59 bits per heavy atom. The van der Waals surface area contributed by atoms with E-state index < -0.39 is 0 Å². The topological polar surface area (TPSA) is 101 Å². The lowest BCUT2D eigenvalue weighted by atomic mass is 10.1. The van der Waals surface area contributed by atoms with Gasteiger partial charge in [0.05, 0.1) is 23.0 Å². The number of fused-ring (bicyclic) bond motifs is 1. The van der Waals surface area contributed by atoms with Gasteiger partial charge in [-0.05, 0) is 41.5 Å². The number of carbonyl (C=O) groups excluding carboxylic acids is 1. The third-order valence-corrected chi connectivity index (χ3v) is 4.69. The van der Waals surface area contributed by atoms with E-state index >= 15 is 0 Å². The second-order valence-electron chi connectivity index (χ2n) is 5.30. The van der Waals surface area contributed by atoms with Crippen LogP contribution in [0.5, 0.6) is 0 Å². The van der Waals surface area contributed by atoms with Gasteiger partial charge in [0.25, 0.3) is 0 Å². The molecule has 2 aromatic heterocycles. The van der Waals surface area contributed by atoms with Gasteiger partial charge in [0, 0.05) is 19.3 Å². The summed E-state index contributed by atoms with van der Waals surface area (Å²) in [4.78, 5) is 17.8. The van der Waals surface area contributed by atoms with Crippen LogP contribution in [0.1, 0.15) is 25.3 Å². The SMILES string of the molecule is N#CCC(=O)N1CCC[C@@H](n2nc(I)c3c(N)nccc32)C1. The van der Waals surface area contributed by atoms with Gasteiger partial charge in [0.2, 0.25) is 5.91 Å². The van der Waals surface area contributed by atoms with Crippen LogP contribution in [0.15, 0.2) is 12.3 Å². The number of likely N-dealkylation sites (tertiary alicyclic amines) is 1. The highest BCUT2D eigenvalue weighted by Gasteiger charge is 2.27. The molecule has 2 N–H and O–H groups in total. The molecular formula is C14H15IN6O. The van der Waals surface area contributed by atoms with E-state index in [-0.39, 0.29) is 18.4 Å². The molecule has 0 unspecified atom stereocenters. The summed E-state index contributed by atoms with van der Waals surface area (Å²) in [6, 6.07) is 3.92. The van der Waals surface area contributed by atoms with Crippen LogP contribution in [0, 0.1) is 15.0 Å². The Bertz CT molecular complexity index is 765. The molecule has 3 rings (SSSR count). The fourth-order valence-electron chi connectivity index (χ4n) is 2.91. The fraction of sp³-hybridized carbons (Fsp3) is 0.429. The molecule has 0 spiro atoms. The quantitative estimate of drug-likeness (QED) is 0.760. The van der Waals surface area contributed by atoms with Crippen LogP contribution >= 0.6 is 22.6 Å². The Morgan fingerprint density at radius 3 is 3.18 bits per heavy atom. The Labute approximate surface area is 141 Å². The van der Waals surface area contributed by atoms with Gasteiger partial charge in [-0.1, -0.05) is 0 Å².